The molecule has 12 heavy (non-hydrogen) atoms. The SMILES string of the molecule is COc1c(F)c(F)cc(F)c1F. The predicted octanol–water partition coefficient (Wildman–Crippen LogP) is 2.25. The fourth-order valence-electron chi connectivity index (χ4n) is 0.730. The monoisotopic (exact) mass is 180 g/mol. The first-order chi connectivity index (χ1) is 5.57. The molecule has 0 heterocycles. The number of ether oxygens (including phenoxy) is 1. The molecule has 0 aliphatic heterocycles. The molecular formula is C7H4F4O. The van der Waals surface area contributed by atoms with Crippen molar-refractivity contribution in [2.45, 2.75) is 0 Å². The lowest BCUT2D eigenvalue weighted by Gasteiger charge is -2.03. The number of rotatable bonds is 1. The molecule has 66 valence electrons. The van der Waals surface area contributed by atoms with E-state index in [4.69, 9.17) is 0 Å². The average molecular weight is 180 g/mol. The van der Waals surface area contributed by atoms with Crippen LogP contribution in [0.2, 0.25) is 0 Å². The summed E-state index contributed by atoms with van der Waals surface area (Å²) < 4.78 is 53.9. The standard InChI is InChI=1S/C7H4F4O/c1-12-7-5(10)3(8)2-4(9)6(7)11/h2H,1H3. The Morgan fingerprint density at radius 2 is 1.42 bits per heavy atom. The molecule has 5 heteroatoms. The van der Waals surface area contributed by atoms with E-state index in [1.165, 1.54) is 0 Å². The van der Waals surface area contributed by atoms with Gasteiger partial charge >= 0.3 is 0 Å². The summed E-state index contributed by atoms with van der Waals surface area (Å²) in [6.07, 6.45) is 0. The lowest BCUT2D eigenvalue weighted by atomic mass is 10.3. The highest BCUT2D eigenvalue weighted by molar-refractivity contribution is 5.28. The summed E-state index contributed by atoms with van der Waals surface area (Å²) in [5.74, 6) is -7.07. The lowest BCUT2D eigenvalue weighted by Crippen LogP contribution is -1.98. The maximum atomic E-state index is 12.5. The van der Waals surface area contributed by atoms with Crippen LogP contribution in [-0.2, 0) is 0 Å². The summed E-state index contributed by atoms with van der Waals surface area (Å²) in [5.41, 5.74) is 0. The smallest absolute Gasteiger partial charge is 0.203 e. The van der Waals surface area contributed by atoms with Crippen molar-refractivity contribution >= 4 is 0 Å². The molecular weight excluding hydrogens is 176 g/mol. The molecule has 0 spiro atoms. The second-order valence-corrected chi connectivity index (χ2v) is 2.00. The van der Waals surface area contributed by atoms with Gasteiger partial charge in [0, 0.05) is 6.07 Å². The van der Waals surface area contributed by atoms with E-state index in [0.29, 0.717) is 0 Å². The zero-order chi connectivity index (χ0) is 9.30. The van der Waals surface area contributed by atoms with Crippen LogP contribution in [0.15, 0.2) is 6.07 Å². The molecule has 0 bridgehead atoms. The van der Waals surface area contributed by atoms with Gasteiger partial charge in [0.15, 0.2) is 17.4 Å². The van der Waals surface area contributed by atoms with Crippen molar-refractivity contribution in [2.75, 3.05) is 7.11 Å². The van der Waals surface area contributed by atoms with Crippen LogP contribution in [0.1, 0.15) is 0 Å². The molecule has 1 aromatic carbocycles. The van der Waals surface area contributed by atoms with Crippen molar-refractivity contribution < 1.29 is 22.3 Å². The number of hydrogen-bond acceptors (Lipinski definition) is 1. The van der Waals surface area contributed by atoms with Gasteiger partial charge in [-0.05, 0) is 0 Å². The van der Waals surface area contributed by atoms with E-state index in [-0.39, 0.29) is 6.07 Å². The number of hydrogen-bond donors (Lipinski definition) is 0. The molecule has 0 fully saturated rings. The summed E-state index contributed by atoms with van der Waals surface area (Å²) in [4.78, 5) is 0. The van der Waals surface area contributed by atoms with Crippen LogP contribution in [0.3, 0.4) is 0 Å². The molecule has 0 amide bonds. The van der Waals surface area contributed by atoms with Gasteiger partial charge in [-0.1, -0.05) is 0 Å². The highest BCUT2D eigenvalue weighted by atomic mass is 19.2. The highest BCUT2D eigenvalue weighted by Gasteiger charge is 2.19. The predicted molar refractivity (Wildman–Crippen MR) is 32.8 cm³/mol. The average Bonchev–Trinajstić information content (AvgIpc) is 2.02. The van der Waals surface area contributed by atoms with Gasteiger partial charge in [-0.3, -0.25) is 0 Å². The van der Waals surface area contributed by atoms with Gasteiger partial charge in [0.05, 0.1) is 7.11 Å². The number of benzene rings is 1. The molecule has 1 rings (SSSR count). The molecule has 1 aromatic rings. The van der Waals surface area contributed by atoms with Gasteiger partial charge in [0.1, 0.15) is 0 Å². The molecule has 0 aliphatic carbocycles. The van der Waals surface area contributed by atoms with Gasteiger partial charge in [-0.25, -0.2) is 8.78 Å². The van der Waals surface area contributed by atoms with Crippen molar-refractivity contribution in [1.29, 1.82) is 0 Å². The fourth-order valence-corrected chi connectivity index (χ4v) is 0.730. The highest BCUT2D eigenvalue weighted by Crippen LogP contribution is 2.25. The van der Waals surface area contributed by atoms with E-state index in [1.807, 2.05) is 0 Å². The van der Waals surface area contributed by atoms with E-state index >= 15 is 0 Å². The minimum Gasteiger partial charge on any atom is -0.491 e. The third kappa shape index (κ3) is 1.22. The summed E-state index contributed by atoms with van der Waals surface area (Å²) in [6, 6.07) is 0.118. The van der Waals surface area contributed by atoms with Crippen LogP contribution in [0.4, 0.5) is 17.6 Å². The Morgan fingerprint density at radius 1 is 1.00 bits per heavy atom. The molecule has 0 N–H and O–H groups in total. The van der Waals surface area contributed by atoms with Crippen molar-refractivity contribution in [3.63, 3.8) is 0 Å². The van der Waals surface area contributed by atoms with Crippen molar-refractivity contribution in [3.05, 3.63) is 29.3 Å². The van der Waals surface area contributed by atoms with Crippen molar-refractivity contribution in [2.24, 2.45) is 0 Å². The van der Waals surface area contributed by atoms with E-state index in [0.717, 1.165) is 7.11 Å². The maximum absolute atomic E-state index is 12.5. The van der Waals surface area contributed by atoms with Gasteiger partial charge in [0.2, 0.25) is 11.6 Å². The zero-order valence-corrected chi connectivity index (χ0v) is 6.00. The largest absolute Gasteiger partial charge is 0.491 e. The second kappa shape index (κ2) is 3.00. The first-order valence-corrected chi connectivity index (χ1v) is 2.95. The third-order valence-corrected chi connectivity index (χ3v) is 1.28. The first kappa shape index (κ1) is 8.83. The Hall–Kier alpha value is -1.26. The van der Waals surface area contributed by atoms with Crippen LogP contribution in [0.5, 0.6) is 5.75 Å². The number of methoxy groups -OCH3 is 1. The van der Waals surface area contributed by atoms with Crippen molar-refractivity contribution in [3.8, 4) is 5.75 Å². The molecule has 0 saturated carbocycles. The van der Waals surface area contributed by atoms with Crippen LogP contribution >= 0.6 is 0 Å². The quantitative estimate of drug-likeness (QED) is 0.475. The Bertz CT molecular complexity index is 285. The molecule has 0 aromatic heterocycles. The first-order valence-electron chi connectivity index (χ1n) is 2.95. The molecule has 0 saturated heterocycles. The van der Waals surface area contributed by atoms with E-state index in [2.05, 4.69) is 4.74 Å². The van der Waals surface area contributed by atoms with Crippen LogP contribution in [0.25, 0.3) is 0 Å². The van der Waals surface area contributed by atoms with Crippen LogP contribution in [-0.4, -0.2) is 7.11 Å². The minimum absolute atomic E-state index is 0.118. The van der Waals surface area contributed by atoms with Gasteiger partial charge in [-0.2, -0.15) is 8.78 Å². The summed E-state index contributed by atoms with van der Waals surface area (Å²) >= 11 is 0. The van der Waals surface area contributed by atoms with E-state index in [9.17, 15) is 17.6 Å². The summed E-state index contributed by atoms with van der Waals surface area (Å²) in [7, 11) is 0.917. The fraction of sp³-hybridized carbons (Fsp3) is 0.143. The van der Waals surface area contributed by atoms with Gasteiger partial charge in [0.25, 0.3) is 0 Å². The Morgan fingerprint density at radius 3 is 1.75 bits per heavy atom. The molecule has 0 unspecified atom stereocenters. The van der Waals surface area contributed by atoms with Crippen LogP contribution in [0, 0.1) is 23.3 Å². The number of halogens is 4. The Balaban J connectivity index is 3.42. The topological polar surface area (TPSA) is 9.23 Å². The normalized spacial score (nSPS) is 10.1. The zero-order valence-electron chi connectivity index (χ0n) is 6.00. The lowest BCUT2D eigenvalue weighted by molar-refractivity contribution is 0.332. The van der Waals surface area contributed by atoms with E-state index in [1.54, 1.807) is 0 Å². The van der Waals surface area contributed by atoms with Crippen molar-refractivity contribution in [1.82, 2.24) is 0 Å². The Kier molecular flexibility index (Phi) is 2.21. The minimum atomic E-state index is -1.53. The van der Waals surface area contributed by atoms with Gasteiger partial charge < -0.3 is 4.74 Å². The maximum Gasteiger partial charge on any atom is 0.203 e. The molecule has 0 atom stereocenters. The third-order valence-electron chi connectivity index (χ3n) is 1.28. The molecule has 1 nitrogen and oxygen atoms in total. The summed E-state index contributed by atoms with van der Waals surface area (Å²) in [6.45, 7) is 0. The summed E-state index contributed by atoms with van der Waals surface area (Å²) in [5, 5.41) is 0. The van der Waals surface area contributed by atoms with E-state index < -0.39 is 29.0 Å². The molecule has 0 aliphatic rings. The van der Waals surface area contributed by atoms with Crippen LogP contribution < -0.4 is 4.74 Å². The Labute approximate surface area is 65.6 Å². The molecule has 0 radical (unpaired) electrons. The van der Waals surface area contributed by atoms with Gasteiger partial charge in [-0.15, -0.1) is 0 Å². The second-order valence-electron chi connectivity index (χ2n) is 2.00.